The van der Waals surface area contributed by atoms with E-state index in [0.717, 1.165) is 18.7 Å². The molecule has 0 heterocycles. The molecule has 1 rings (SSSR count). The summed E-state index contributed by atoms with van der Waals surface area (Å²) in [6.07, 6.45) is 1.45. The lowest BCUT2D eigenvalue weighted by molar-refractivity contribution is 0.316. The van der Waals surface area contributed by atoms with Gasteiger partial charge in [-0.25, -0.2) is 0 Å². The highest BCUT2D eigenvalue weighted by Crippen LogP contribution is 2.10. The minimum Gasteiger partial charge on any atom is -0.409 e. The first-order chi connectivity index (χ1) is 7.22. The maximum absolute atomic E-state index is 8.32. The highest BCUT2D eigenvalue weighted by molar-refractivity contribution is 14.1. The lowest BCUT2D eigenvalue weighted by atomic mass is 10.2. The molecule has 4 N–H and O–H groups in total. The first-order valence-electron chi connectivity index (χ1n) is 4.68. The molecule has 0 aromatic heterocycles. The number of nitrogens with two attached hydrogens (primary N) is 1. The zero-order valence-electron chi connectivity index (χ0n) is 8.28. The van der Waals surface area contributed by atoms with Crippen LogP contribution < -0.4 is 11.1 Å². The van der Waals surface area contributed by atoms with Gasteiger partial charge in [0.15, 0.2) is 0 Å². The van der Waals surface area contributed by atoms with Crippen molar-refractivity contribution in [2.24, 2.45) is 10.9 Å². The molecule has 0 saturated carbocycles. The minimum absolute atomic E-state index is 0.277. The smallest absolute Gasteiger partial charge is 0.139 e. The van der Waals surface area contributed by atoms with E-state index in [0.29, 0.717) is 6.42 Å². The fourth-order valence-electron chi connectivity index (χ4n) is 1.12. The van der Waals surface area contributed by atoms with Gasteiger partial charge in [-0.05, 0) is 53.3 Å². The number of oxime groups is 1. The van der Waals surface area contributed by atoms with Crippen molar-refractivity contribution in [1.82, 2.24) is 0 Å². The average molecular weight is 319 g/mol. The second-order valence-corrected chi connectivity index (χ2v) is 4.37. The third-order valence-corrected chi connectivity index (χ3v) is 2.63. The predicted molar refractivity (Wildman–Crippen MR) is 70.3 cm³/mol. The first-order valence-corrected chi connectivity index (χ1v) is 5.76. The topological polar surface area (TPSA) is 70.6 Å². The number of hydrogen-bond donors (Lipinski definition) is 3. The van der Waals surface area contributed by atoms with E-state index in [4.69, 9.17) is 10.9 Å². The van der Waals surface area contributed by atoms with Crippen molar-refractivity contribution in [2.75, 3.05) is 11.9 Å². The van der Waals surface area contributed by atoms with Crippen LogP contribution in [0.15, 0.2) is 29.4 Å². The van der Waals surface area contributed by atoms with Crippen LogP contribution in [0.5, 0.6) is 0 Å². The molecule has 0 spiro atoms. The summed E-state index contributed by atoms with van der Waals surface area (Å²) in [5.41, 5.74) is 6.44. The van der Waals surface area contributed by atoms with Crippen molar-refractivity contribution in [3.63, 3.8) is 0 Å². The van der Waals surface area contributed by atoms with E-state index in [9.17, 15) is 0 Å². The number of benzene rings is 1. The predicted octanol–water partition coefficient (Wildman–Crippen LogP) is 2.23. The van der Waals surface area contributed by atoms with Crippen LogP contribution in [-0.2, 0) is 0 Å². The van der Waals surface area contributed by atoms with Gasteiger partial charge < -0.3 is 16.3 Å². The normalized spacial score (nSPS) is 11.4. The number of rotatable bonds is 5. The molecule has 0 fully saturated rings. The van der Waals surface area contributed by atoms with Crippen LogP contribution in [0.2, 0.25) is 0 Å². The molecule has 0 saturated heterocycles. The summed E-state index contributed by atoms with van der Waals surface area (Å²) in [5, 5.41) is 14.5. The van der Waals surface area contributed by atoms with E-state index >= 15 is 0 Å². The van der Waals surface area contributed by atoms with E-state index in [1.165, 1.54) is 3.57 Å². The number of nitrogens with one attached hydrogen (secondary N) is 1. The molecule has 1 aromatic carbocycles. The average Bonchev–Trinajstić information content (AvgIpc) is 2.26. The van der Waals surface area contributed by atoms with Crippen LogP contribution in [-0.4, -0.2) is 17.6 Å². The van der Waals surface area contributed by atoms with Crippen LogP contribution in [0.1, 0.15) is 12.8 Å². The van der Waals surface area contributed by atoms with Crippen LogP contribution in [0.4, 0.5) is 5.69 Å². The summed E-state index contributed by atoms with van der Waals surface area (Å²) in [7, 11) is 0. The lowest BCUT2D eigenvalue weighted by Crippen LogP contribution is -2.13. The van der Waals surface area contributed by atoms with Crippen molar-refractivity contribution in [3.8, 4) is 0 Å². The van der Waals surface area contributed by atoms with Crippen LogP contribution >= 0.6 is 22.6 Å². The Bertz CT molecular complexity index is 324. The summed E-state index contributed by atoms with van der Waals surface area (Å²) in [4.78, 5) is 0. The van der Waals surface area contributed by atoms with E-state index in [1.54, 1.807) is 0 Å². The Labute approximate surface area is 103 Å². The highest BCUT2D eigenvalue weighted by Gasteiger charge is 1.94. The van der Waals surface area contributed by atoms with E-state index in [-0.39, 0.29) is 5.84 Å². The Morgan fingerprint density at radius 1 is 1.40 bits per heavy atom. The Kier molecular flexibility index (Phi) is 5.23. The molecule has 0 aliphatic rings. The standard InChI is InChI=1S/C10H14IN3O/c11-8-3-5-9(6-4-8)13-7-1-2-10(12)14-15/h3-6,13,15H,1-2,7H2,(H2,12,14). The van der Waals surface area contributed by atoms with E-state index in [1.807, 2.05) is 24.3 Å². The third-order valence-electron chi connectivity index (χ3n) is 1.91. The van der Waals surface area contributed by atoms with Crippen molar-refractivity contribution in [1.29, 1.82) is 0 Å². The van der Waals surface area contributed by atoms with Gasteiger partial charge in [-0.15, -0.1) is 0 Å². The number of halogens is 1. The molecule has 0 amide bonds. The second kappa shape index (κ2) is 6.49. The maximum Gasteiger partial charge on any atom is 0.139 e. The lowest BCUT2D eigenvalue weighted by Gasteiger charge is -2.05. The number of hydrogen-bond acceptors (Lipinski definition) is 3. The zero-order valence-corrected chi connectivity index (χ0v) is 10.4. The monoisotopic (exact) mass is 319 g/mol. The Morgan fingerprint density at radius 3 is 2.67 bits per heavy atom. The van der Waals surface area contributed by atoms with Gasteiger partial charge in [0.2, 0.25) is 0 Å². The molecule has 0 aliphatic heterocycles. The molecular formula is C10H14IN3O. The molecule has 0 bridgehead atoms. The number of nitrogens with zero attached hydrogens (tertiary/aromatic N) is 1. The molecule has 82 valence electrons. The van der Waals surface area contributed by atoms with Crippen molar-refractivity contribution < 1.29 is 5.21 Å². The quantitative estimate of drug-likeness (QED) is 0.195. The van der Waals surface area contributed by atoms with E-state index < -0.39 is 0 Å². The third kappa shape index (κ3) is 4.87. The van der Waals surface area contributed by atoms with Crippen molar-refractivity contribution in [3.05, 3.63) is 27.8 Å². The highest BCUT2D eigenvalue weighted by atomic mass is 127. The van der Waals surface area contributed by atoms with Gasteiger partial charge in [-0.1, -0.05) is 5.16 Å². The van der Waals surface area contributed by atoms with Gasteiger partial charge in [0.25, 0.3) is 0 Å². The fraction of sp³-hybridized carbons (Fsp3) is 0.300. The summed E-state index contributed by atoms with van der Waals surface area (Å²) in [5.74, 6) is 0.277. The van der Waals surface area contributed by atoms with Crippen LogP contribution in [0.25, 0.3) is 0 Å². The molecule has 15 heavy (non-hydrogen) atoms. The van der Waals surface area contributed by atoms with Gasteiger partial charge in [0, 0.05) is 22.2 Å². The SMILES string of the molecule is NC(CCCNc1ccc(I)cc1)=NO. The molecule has 4 nitrogen and oxygen atoms in total. The van der Waals surface area contributed by atoms with Crippen LogP contribution in [0.3, 0.4) is 0 Å². The molecule has 0 aliphatic carbocycles. The Balaban J connectivity index is 2.23. The van der Waals surface area contributed by atoms with Gasteiger partial charge in [-0.3, -0.25) is 0 Å². The van der Waals surface area contributed by atoms with E-state index in [2.05, 4.69) is 33.1 Å². The molecule has 0 radical (unpaired) electrons. The van der Waals surface area contributed by atoms with Gasteiger partial charge in [0.1, 0.15) is 5.84 Å². The summed E-state index contributed by atoms with van der Waals surface area (Å²) >= 11 is 2.27. The zero-order chi connectivity index (χ0) is 11.1. The molecule has 0 atom stereocenters. The summed E-state index contributed by atoms with van der Waals surface area (Å²) in [6, 6.07) is 8.16. The molecule has 5 heteroatoms. The van der Waals surface area contributed by atoms with Crippen molar-refractivity contribution in [2.45, 2.75) is 12.8 Å². The van der Waals surface area contributed by atoms with Crippen LogP contribution in [0, 0.1) is 3.57 Å². The maximum atomic E-state index is 8.32. The second-order valence-electron chi connectivity index (χ2n) is 3.13. The molecule has 0 unspecified atom stereocenters. The summed E-state index contributed by atoms with van der Waals surface area (Å²) < 4.78 is 1.22. The van der Waals surface area contributed by atoms with Gasteiger partial charge >= 0.3 is 0 Å². The first kappa shape index (κ1) is 12.1. The molecule has 1 aromatic rings. The fourth-order valence-corrected chi connectivity index (χ4v) is 1.48. The Morgan fingerprint density at radius 2 is 2.07 bits per heavy atom. The number of amidine groups is 1. The van der Waals surface area contributed by atoms with Crippen molar-refractivity contribution >= 4 is 34.1 Å². The van der Waals surface area contributed by atoms with Gasteiger partial charge in [0.05, 0.1) is 0 Å². The Hall–Kier alpha value is -0.980. The number of anilines is 1. The minimum atomic E-state index is 0.277. The summed E-state index contributed by atoms with van der Waals surface area (Å²) in [6.45, 7) is 0.816. The largest absolute Gasteiger partial charge is 0.409 e. The van der Waals surface area contributed by atoms with Gasteiger partial charge in [-0.2, -0.15) is 0 Å². The molecular weight excluding hydrogens is 305 g/mol.